The molecule has 334 valence electrons. The van der Waals surface area contributed by atoms with Gasteiger partial charge in [0.05, 0.1) is 6.04 Å². The number of nitrogens with one attached hydrogen (secondary N) is 2. The second-order valence-corrected chi connectivity index (χ2v) is 18.7. The first-order chi connectivity index (χ1) is 29.2. The van der Waals surface area contributed by atoms with Crippen molar-refractivity contribution >= 4 is 48.3 Å². The minimum atomic E-state index is -0.678. The average molecular weight is 877 g/mol. The van der Waals surface area contributed by atoms with Crippen LogP contribution in [0, 0.1) is 23.0 Å². The van der Waals surface area contributed by atoms with E-state index in [1.807, 2.05) is 87.4 Å². The number of amides is 6. The minimum Gasteiger partial charge on any atom is -0.444 e. The molecule has 13 nitrogen and oxygen atoms in total. The summed E-state index contributed by atoms with van der Waals surface area (Å²) >= 11 is 4.76. The fourth-order valence-corrected chi connectivity index (χ4v) is 8.00. The van der Waals surface area contributed by atoms with Crippen LogP contribution in [0.4, 0.5) is 13.6 Å². The lowest BCUT2D eigenvalue weighted by Crippen LogP contribution is -2.45. The molecule has 1 aromatic heterocycles. The molecule has 62 heavy (non-hydrogen) atoms. The number of carbonyl (C=O) groups is 6. The molecule has 16 heteroatoms. The number of ether oxygens (including phenoxy) is 1. The van der Waals surface area contributed by atoms with E-state index in [1.165, 1.54) is 0 Å². The van der Waals surface area contributed by atoms with E-state index < -0.39 is 64.3 Å². The van der Waals surface area contributed by atoms with Crippen LogP contribution >= 0.6 is 12.6 Å². The number of thiol groups is 1. The molecule has 2 unspecified atom stereocenters. The van der Waals surface area contributed by atoms with Gasteiger partial charge in [0.1, 0.15) is 23.8 Å². The average Bonchev–Trinajstić information content (AvgIpc) is 3.91. The summed E-state index contributed by atoms with van der Waals surface area (Å²) in [6, 6.07) is 14.3. The molecule has 2 N–H and O–H groups in total. The molecule has 2 aliphatic heterocycles. The molecular formula is C46H58F2N6O7S. The molecule has 0 saturated carbocycles. The topological polar surface area (TPSA) is 150 Å². The fourth-order valence-electron chi connectivity index (χ4n) is 7.71. The van der Waals surface area contributed by atoms with E-state index in [1.54, 1.807) is 11.1 Å². The van der Waals surface area contributed by atoms with Crippen molar-refractivity contribution in [1.82, 2.24) is 29.9 Å². The van der Waals surface area contributed by atoms with Crippen LogP contribution in [0.25, 0.3) is 11.1 Å². The van der Waals surface area contributed by atoms with Crippen LogP contribution < -0.4 is 10.6 Å². The van der Waals surface area contributed by atoms with Gasteiger partial charge >= 0.3 is 6.09 Å². The van der Waals surface area contributed by atoms with Gasteiger partial charge in [-0.2, -0.15) is 12.6 Å². The van der Waals surface area contributed by atoms with Crippen molar-refractivity contribution in [3.05, 3.63) is 95.8 Å². The van der Waals surface area contributed by atoms with Crippen molar-refractivity contribution in [2.75, 3.05) is 39.3 Å². The maximum atomic E-state index is 15.3. The molecular weight excluding hydrogens is 819 g/mol. The highest BCUT2D eigenvalue weighted by atomic mass is 32.1. The van der Waals surface area contributed by atoms with E-state index in [9.17, 15) is 33.2 Å². The van der Waals surface area contributed by atoms with Crippen LogP contribution in [-0.2, 0) is 35.3 Å². The Kier molecular flexibility index (Phi) is 15.8. The van der Waals surface area contributed by atoms with Gasteiger partial charge in [-0.05, 0) is 74.8 Å². The Bertz CT molecular complexity index is 2130. The number of imide groups is 1. The largest absolute Gasteiger partial charge is 0.444 e. The van der Waals surface area contributed by atoms with E-state index in [0.29, 0.717) is 37.3 Å². The van der Waals surface area contributed by atoms with E-state index in [0.717, 1.165) is 40.8 Å². The predicted octanol–water partition coefficient (Wildman–Crippen LogP) is 6.28. The maximum absolute atomic E-state index is 15.3. The van der Waals surface area contributed by atoms with Crippen LogP contribution in [0.2, 0.25) is 0 Å². The van der Waals surface area contributed by atoms with Crippen molar-refractivity contribution in [3.63, 3.8) is 0 Å². The van der Waals surface area contributed by atoms with Crippen molar-refractivity contribution < 1.29 is 42.3 Å². The van der Waals surface area contributed by atoms with Crippen LogP contribution in [0.3, 0.4) is 0 Å². The molecule has 1 fully saturated rings. The van der Waals surface area contributed by atoms with Crippen LogP contribution in [0.1, 0.15) is 84.5 Å². The second-order valence-electron chi connectivity index (χ2n) is 18.0. The Hall–Kier alpha value is -5.51. The first kappa shape index (κ1) is 47.5. The molecule has 2 aromatic carbocycles. The van der Waals surface area contributed by atoms with E-state index >= 15 is 4.39 Å². The van der Waals surface area contributed by atoms with Crippen molar-refractivity contribution in [2.24, 2.45) is 11.3 Å². The Morgan fingerprint density at radius 3 is 2.23 bits per heavy atom. The summed E-state index contributed by atoms with van der Waals surface area (Å²) in [5.74, 6) is -3.48. The summed E-state index contributed by atoms with van der Waals surface area (Å²) in [6.45, 7) is 12.8. The number of likely N-dealkylation sites (tertiary alicyclic amines) is 1. The quantitative estimate of drug-likeness (QED) is 0.0821. The van der Waals surface area contributed by atoms with E-state index in [2.05, 4.69) is 10.6 Å². The number of benzene rings is 2. The molecule has 0 bridgehead atoms. The van der Waals surface area contributed by atoms with E-state index in [4.69, 9.17) is 17.4 Å². The maximum Gasteiger partial charge on any atom is 0.410 e. The lowest BCUT2D eigenvalue weighted by atomic mass is 9.82. The zero-order valence-electron chi connectivity index (χ0n) is 36.3. The normalized spacial score (nSPS) is 16.4. The summed E-state index contributed by atoms with van der Waals surface area (Å²) in [5.41, 5.74) is 0.958. The molecule has 0 radical (unpaired) electrons. The number of halogens is 2. The van der Waals surface area contributed by atoms with Crippen LogP contribution in [-0.4, -0.2) is 105 Å². The Morgan fingerprint density at radius 1 is 0.919 bits per heavy atom. The van der Waals surface area contributed by atoms with Gasteiger partial charge in [-0.25, -0.2) is 13.6 Å². The van der Waals surface area contributed by atoms with Gasteiger partial charge in [0, 0.05) is 92.5 Å². The third-order valence-electron chi connectivity index (χ3n) is 10.6. The Labute approximate surface area is 367 Å². The summed E-state index contributed by atoms with van der Waals surface area (Å²) in [6.07, 6.45) is 4.47. The Balaban J connectivity index is 1.35. The lowest BCUT2D eigenvalue weighted by molar-refractivity contribution is -0.141. The molecule has 3 heterocycles. The van der Waals surface area contributed by atoms with E-state index in [-0.39, 0.29) is 62.2 Å². The highest BCUT2D eigenvalue weighted by Crippen LogP contribution is 2.42. The van der Waals surface area contributed by atoms with Gasteiger partial charge in [0.25, 0.3) is 11.8 Å². The zero-order chi connectivity index (χ0) is 45.4. The van der Waals surface area contributed by atoms with Crippen molar-refractivity contribution in [1.29, 1.82) is 0 Å². The highest BCUT2D eigenvalue weighted by Gasteiger charge is 2.40. The molecule has 1 saturated heterocycles. The molecule has 0 aliphatic carbocycles. The number of nitrogens with zero attached hydrogens (tertiary/aromatic N) is 4. The molecule has 6 amide bonds. The molecule has 5 rings (SSSR count). The van der Waals surface area contributed by atoms with Gasteiger partial charge < -0.3 is 29.7 Å². The smallest absolute Gasteiger partial charge is 0.410 e. The number of rotatable bonds is 17. The first-order valence-corrected chi connectivity index (χ1v) is 21.4. The van der Waals surface area contributed by atoms with Gasteiger partial charge in [-0.15, -0.1) is 0 Å². The third kappa shape index (κ3) is 13.2. The van der Waals surface area contributed by atoms with Crippen molar-refractivity contribution in [3.8, 4) is 11.1 Å². The summed E-state index contributed by atoms with van der Waals surface area (Å²) in [4.78, 5) is 80.6. The summed E-state index contributed by atoms with van der Waals surface area (Å²) in [5, 5.41) is 4.78. The molecule has 3 aromatic rings. The SMILES string of the molecule is CC(C)(C)OC(=O)N1CCC(CN(C(=O)CC(S)CCC(=O)NCCNC(=O)CN2C(=O)C=CC2=O)[C@@H](c2cc(-c3cc(F)ccc3F)cn2Cc2ccccc2)C(C)(C)C)C1. The molecule has 3 atom stereocenters. The zero-order valence-corrected chi connectivity index (χ0v) is 37.2. The van der Waals surface area contributed by atoms with Crippen molar-refractivity contribution in [2.45, 2.75) is 90.7 Å². The highest BCUT2D eigenvalue weighted by molar-refractivity contribution is 7.81. The lowest BCUT2D eigenvalue weighted by Gasteiger charge is -2.42. The molecule has 0 spiro atoms. The number of carbonyl (C=O) groups excluding carboxylic acids is 6. The van der Waals surface area contributed by atoms with Crippen LogP contribution in [0.5, 0.6) is 0 Å². The number of hydrogen-bond donors (Lipinski definition) is 3. The molecule has 2 aliphatic rings. The number of aromatic nitrogens is 1. The standard InChI is InChI=1S/C46H58F2N6O7S/c1-45(2,3)43(37-22-32(35-23-33(47)12-14-36(35)48)28-52(37)25-30-10-8-7-9-11-30)54(27-31-18-21-51(26-31)44(60)61-46(4,5)6)42(59)24-34(62)13-15-38(55)49-19-20-50-39(56)29-53-40(57)16-17-41(53)58/h7-12,14,16-17,22-23,28,31,34,43,62H,13,15,18-21,24-27,29H2,1-6H3,(H,49,55)(H,50,56)/t31?,34?,43-/m0/s1. The van der Waals surface area contributed by atoms with Gasteiger partial charge in [-0.3, -0.25) is 28.9 Å². The fraction of sp³-hybridized carbons (Fsp3) is 0.478. The summed E-state index contributed by atoms with van der Waals surface area (Å²) < 4.78 is 37.6. The van der Waals surface area contributed by atoms with Gasteiger partial charge in [0.2, 0.25) is 17.7 Å². The second kappa shape index (κ2) is 20.6. The number of hydrogen-bond acceptors (Lipinski definition) is 8. The Morgan fingerprint density at radius 2 is 1.58 bits per heavy atom. The van der Waals surface area contributed by atoms with Gasteiger partial charge in [-0.1, -0.05) is 51.1 Å². The first-order valence-electron chi connectivity index (χ1n) is 20.9. The predicted molar refractivity (Wildman–Crippen MR) is 234 cm³/mol. The minimum absolute atomic E-state index is 0.0187. The summed E-state index contributed by atoms with van der Waals surface area (Å²) in [7, 11) is 0. The van der Waals surface area contributed by atoms with Gasteiger partial charge in [0.15, 0.2) is 0 Å². The third-order valence-corrected chi connectivity index (χ3v) is 11.0. The van der Waals surface area contributed by atoms with Crippen LogP contribution in [0.15, 0.2) is 72.9 Å². The monoisotopic (exact) mass is 876 g/mol.